The minimum absolute atomic E-state index is 0.229. The Bertz CT molecular complexity index is 615. The number of hydrogen-bond acceptors (Lipinski definition) is 5. The van der Waals surface area contributed by atoms with Gasteiger partial charge in [0.1, 0.15) is 0 Å². The van der Waals surface area contributed by atoms with Crippen molar-refractivity contribution >= 4 is 38.4 Å². The highest BCUT2D eigenvalue weighted by Crippen LogP contribution is 2.24. The average Bonchev–Trinajstić information content (AvgIpc) is 2.90. The van der Waals surface area contributed by atoms with Crippen molar-refractivity contribution in [2.24, 2.45) is 0 Å². The molecule has 0 aliphatic carbocycles. The molecule has 0 unspecified atom stereocenters. The minimum Gasteiger partial charge on any atom is -0.466 e. The molecule has 0 amide bonds. The van der Waals surface area contributed by atoms with E-state index in [-0.39, 0.29) is 12.4 Å². The smallest absolute Gasteiger partial charge is 0.311 e. The first kappa shape index (κ1) is 16.0. The lowest BCUT2D eigenvalue weighted by atomic mass is 10.2. The maximum atomic E-state index is 11.4. The van der Waals surface area contributed by atoms with E-state index in [4.69, 9.17) is 4.74 Å². The van der Waals surface area contributed by atoms with Crippen molar-refractivity contribution < 1.29 is 9.53 Å². The minimum atomic E-state index is -0.234. The zero-order valence-electron chi connectivity index (χ0n) is 12.0. The van der Waals surface area contributed by atoms with Crippen molar-refractivity contribution in [3.63, 3.8) is 0 Å². The lowest BCUT2D eigenvalue weighted by Crippen LogP contribution is -2.16. The summed E-state index contributed by atoms with van der Waals surface area (Å²) in [5.74, 6) is -0.234. The molecule has 2 aromatic rings. The van der Waals surface area contributed by atoms with E-state index in [0.717, 1.165) is 21.8 Å². The van der Waals surface area contributed by atoms with Crippen molar-refractivity contribution in [1.82, 2.24) is 4.98 Å². The standard InChI is InChI=1S/C15H17BrN2O2S/c1-3-20-14(19)8-12-10-21-15(17-12)18(2)9-11-6-4-5-7-13(11)16/h4-7,10H,3,8-9H2,1-2H3. The first-order chi connectivity index (χ1) is 10.1. The van der Waals surface area contributed by atoms with E-state index in [9.17, 15) is 4.79 Å². The number of anilines is 1. The van der Waals surface area contributed by atoms with E-state index in [1.165, 1.54) is 16.9 Å². The first-order valence-electron chi connectivity index (χ1n) is 6.64. The predicted octanol–water partition coefficient (Wildman–Crippen LogP) is 3.65. The van der Waals surface area contributed by atoms with Crippen molar-refractivity contribution in [1.29, 1.82) is 0 Å². The Labute approximate surface area is 136 Å². The molecule has 0 fully saturated rings. The van der Waals surface area contributed by atoms with E-state index in [1.54, 1.807) is 6.92 Å². The second-order valence-electron chi connectivity index (χ2n) is 4.55. The molecule has 0 saturated heterocycles. The van der Waals surface area contributed by atoms with Crippen LogP contribution in [0.3, 0.4) is 0 Å². The summed E-state index contributed by atoms with van der Waals surface area (Å²) in [6.07, 6.45) is 0.229. The number of thiazole rings is 1. The molecule has 0 saturated carbocycles. The highest BCUT2D eigenvalue weighted by atomic mass is 79.9. The van der Waals surface area contributed by atoms with Gasteiger partial charge in [0, 0.05) is 23.4 Å². The third kappa shape index (κ3) is 4.54. The fourth-order valence-corrected chi connectivity index (χ4v) is 3.06. The van der Waals surface area contributed by atoms with Crippen molar-refractivity contribution in [3.05, 3.63) is 45.4 Å². The van der Waals surface area contributed by atoms with Gasteiger partial charge in [-0.15, -0.1) is 11.3 Å². The van der Waals surface area contributed by atoms with Crippen LogP contribution in [-0.4, -0.2) is 24.6 Å². The highest BCUT2D eigenvalue weighted by molar-refractivity contribution is 9.10. The van der Waals surface area contributed by atoms with Crippen molar-refractivity contribution in [2.45, 2.75) is 19.9 Å². The van der Waals surface area contributed by atoms with Gasteiger partial charge in [-0.25, -0.2) is 4.98 Å². The Morgan fingerprint density at radius 1 is 1.43 bits per heavy atom. The summed E-state index contributed by atoms with van der Waals surface area (Å²) in [6.45, 7) is 2.96. The van der Waals surface area contributed by atoms with Gasteiger partial charge in [0.2, 0.25) is 0 Å². The van der Waals surface area contributed by atoms with Crippen LogP contribution in [0.25, 0.3) is 0 Å². The number of halogens is 1. The van der Waals surface area contributed by atoms with Crippen LogP contribution in [0.5, 0.6) is 0 Å². The third-order valence-corrected chi connectivity index (χ3v) is 4.64. The number of esters is 1. The molecule has 21 heavy (non-hydrogen) atoms. The van der Waals surface area contributed by atoms with Gasteiger partial charge in [0.05, 0.1) is 18.7 Å². The molecule has 0 radical (unpaired) electrons. The van der Waals surface area contributed by atoms with Crippen LogP contribution in [0.1, 0.15) is 18.2 Å². The number of ether oxygens (including phenoxy) is 1. The van der Waals surface area contributed by atoms with E-state index >= 15 is 0 Å². The van der Waals surface area contributed by atoms with Crippen molar-refractivity contribution in [3.8, 4) is 0 Å². The Hall–Kier alpha value is -1.40. The molecule has 1 aromatic heterocycles. The van der Waals surface area contributed by atoms with E-state index < -0.39 is 0 Å². The maximum Gasteiger partial charge on any atom is 0.311 e. The van der Waals surface area contributed by atoms with Crippen molar-refractivity contribution in [2.75, 3.05) is 18.6 Å². The van der Waals surface area contributed by atoms with Crippen LogP contribution in [0, 0.1) is 0 Å². The summed E-state index contributed by atoms with van der Waals surface area (Å²) >= 11 is 5.08. The Kier molecular flexibility index (Phi) is 5.76. The number of benzene rings is 1. The number of aromatic nitrogens is 1. The third-order valence-electron chi connectivity index (χ3n) is 2.86. The van der Waals surface area contributed by atoms with Crippen LogP contribution < -0.4 is 4.90 Å². The summed E-state index contributed by atoms with van der Waals surface area (Å²) in [5, 5.41) is 2.80. The number of nitrogens with zero attached hydrogens (tertiary/aromatic N) is 2. The summed E-state index contributed by atoms with van der Waals surface area (Å²) in [6, 6.07) is 8.11. The highest BCUT2D eigenvalue weighted by Gasteiger charge is 2.12. The van der Waals surface area contributed by atoms with Crippen LogP contribution in [-0.2, 0) is 22.5 Å². The Morgan fingerprint density at radius 3 is 2.90 bits per heavy atom. The summed E-state index contributed by atoms with van der Waals surface area (Å²) in [5.41, 5.74) is 1.95. The SMILES string of the molecule is CCOC(=O)Cc1csc(N(C)Cc2ccccc2Br)n1. The van der Waals surface area contributed by atoms with Crippen LogP contribution in [0.2, 0.25) is 0 Å². The molecular weight excluding hydrogens is 352 g/mol. The molecule has 1 heterocycles. The normalized spacial score (nSPS) is 10.4. The number of hydrogen-bond donors (Lipinski definition) is 0. The van der Waals surface area contributed by atoms with Gasteiger partial charge in [-0.3, -0.25) is 4.79 Å². The number of rotatable bonds is 6. The van der Waals surface area contributed by atoms with Gasteiger partial charge in [-0.05, 0) is 18.6 Å². The molecule has 0 aliphatic heterocycles. The van der Waals surface area contributed by atoms with Crippen LogP contribution in [0.4, 0.5) is 5.13 Å². The molecule has 0 atom stereocenters. The zero-order valence-corrected chi connectivity index (χ0v) is 14.4. The molecule has 0 spiro atoms. The topological polar surface area (TPSA) is 42.4 Å². The summed E-state index contributed by atoms with van der Waals surface area (Å²) in [4.78, 5) is 18.0. The predicted molar refractivity (Wildman–Crippen MR) is 88.7 cm³/mol. The molecule has 112 valence electrons. The van der Waals surface area contributed by atoms with E-state index in [2.05, 4.69) is 31.9 Å². The molecular formula is C15H17BrN2O2S. The molecule has 0 N–H and O–H groups in total. The van der Waals surface area contributed by atoms with E-state index in [0.29, 0.717) is 6.61 Å². The largest absolute Gasteiger partial charge is 0.466 e. The van der Waals surface area contributed by atoms with Crippen LogP contribution in [0.15, 0.2) is 34.1 Å². The van der Waals surface area contributed by atoms with Crippen LogP contribution >= 0.6 is 27.3 Å². The fourth-order valence-electron chi connectivity index (χ4n) is 1.86. The number of carbonyl (C=O) groups excluding carboxylic acids is 1. The summed E-state index contributed by atoms with van der Waals surface area (Å²) in [7, 11) is 1.99. The Balaban J connectivity index is 2.00. The molecule has 1 aromatic carbocycles. The van der Waals surface area contributed by atoms with Gasteiger partial charge >= 0.3 is 5.97 Å². The second kappa shape index (κ2) is 7.56. The number of carbonyl (C=O) groups is 1. The lowest BCUT2D eigenvalue weighted by molar-refractivity contribution is -0.142. The van der Waals surface area contributed by atoms with E-state index in [1.807, 2.05) is 30.6 Å². The quantitative estimate of drug-likeness (QED) is 0.729. The first-order valence-corrected chi connectivity index (χ1v) is 8.32. The van der Waals surface area contributed by atoms with Gasteiger partial charge in [0.15, 0.2) is 5.13 Å². The second-order valence-corrected chi connectivity index (χ2v) is 6.24. The van der Waals surface area contributed by atoms with Gasteiger partial charge in [-0.2, -0.15) is 0 Å². The fraction of sp³-hybridized carbons (Fsp3) is 0.333. The molecule has 2 rings (SSSR count). The van der Waals surface area contributed by atoms with Gasteiger partial charge < -0.3 is 9.64 Å². The molecule has 4 nitrogen and oxygen atoms in total. The van der Waals surface area contributed by atoms with Gasteiger partial charge in [-0.1, -0.05) is 34.1 Å². The maximum absolute atomic E-state index is 11.4. The molecule has 6 heteroatoms. The van der Waals surface area contributed by atoms with Gasteiger partial charge in [0.25, 0.3) is 0 Å². The molecule has 0 aliphatic rings. The summed E-state index contributed by atoms with van der Waals surface area (Å²) < 4.78 is 6.02. The lowest BCUT2D eigenvalue weighted by Gasteiger charge is -2.16. The monoisotopic (exact) mass is 368 g/mol. The Morgan fingerprint density at radius 2 is 2.19 bits per heavy atom. The molecule has 0 bridgehead atoms. The average molecular weight is 369 g/mol. The zero-order chi connectivity index (χ0) is 15.2.